The van der Waals surface area contributed by atoms with Gasteiger partial charge in [-0.05, 0) is 48.4 Å². The maximum atomic E-state index is 12.9. The van der Waals surface area contributed by atoms with E-state index in [2.05, 4.69) is 11.4 Å². The number of hydrogen-bond acceptors (Lipinski definition) is 4. The van der Waals surface area contributed by atoms with Crippen molar-refractivity contribution < 1.29 is 14.0 Å². The molecule has 3 heterocycles. The first-order chi connectivity index (χ1) is 13.2. The molecule has 2 aromatic heterocycles. The van der Waals surface area contributed by atoms with Gasteiger partial charge in [-0.1, -0.05) is 12.8 Å². The molecule has 1 aliphatic carbocycles. The Morgan fingerprint density at radius 2 is 2.07 bits per heavy atom. The highest BCUT2D eigenvalue weighted by Crippen LogP contribution is 2.27. The molecule has 144 valence electrons. The van der Waals surface area contributed by atoms with Crippen molar-refractivity contribution in [3.63, 3.8) is 0 Å². The third-order valence-corrected chi connectivity index (χ3v) is 6.73. The van der Waals surface area contributed by atoms with Crippen LogP contribution in [0.15, 0.2) is 34.3 Å². The number of furan rings is 1. The van der Waals surface area contributed by atoms with Crippen LogP contribution >= 0.6 is 11.3 Å². The van der Waals surface area contributed by atoms with E-state index in [9.17, 15) is 9.59 Å². The molecule has 0 aromatic carbocycles. The highest BCUT2D eigenvalue weighted by atomic mass is 32.1. The zero-order valence-electron chi connectivity index (χ0n) is 15.6. The monoisotopic (exact) mass is 386 g/mol. The lowest BCUT2D eigenvalue weighted by Crippen LogP contribution is -2.40. The number of nitrogens with zero attached hydrogens (tertiary/aromatic N) is 2. The van der Waals surface area contributed by atoms with Crippen molar-refractivity contribution in [2.24, 2.45) is 0 Å². The molecule has 0 N–H and O–H groups in total. The molecular formula is C21H26N2O3S. The maximum Gasteiger partial charge on any atom is 0.223 e. The summed E-state index contributed by atoms with van der Waals surface area (Å²) >= 11 is 1.77. The second-order valence-electron chi connectivity index (χ2n) is 7.47. The Balaban J connectivity index is 1.34. The maximum absolute atomic E-state index is 12.9. The van der Waals surface area contributed by atoms with E-state index >= 15 is 0 Å². The van der Waals surface area contributed by atoms with Gasteiger partial charge in [-0.3, -0.25) is 9.59 Å². The molecule has 2 aromatic rings. The summed E-state index contributed by atoms with van der Waals surface area (Å²) in [6.07, 6.45) is 7.58. The third-order valence-electron chi connectivity index (χ3n) is 5.71. The molecule has 0 unspecified atom stereocenters. The fraction of sp³-hybridized carbons (Fsp3) is 0.524. The van der Waals surface area contributed by atoms with Gasteiger partial charge in [0.2, 0.25) is 11.8 Å². The number of amides is 2. The van der Waals surface area contributed by atoms with Crippen LogP contribution < -0.4 is 0 Å². The molecule has 2 amide bonds. The Morgan fingerprint density at radius 3 is 2.85 bits per heavy atom. The standard InChI is InChI=1S/C21H26N2O3S/c24-20(22-11-9-19-16(14-22)10-13-27-19)7-8-21(25)23(17-4-1-2-5-17)15-18-6-3-12-26-18/h3,6,10,12-13,17H,1-2,4-5,7-9,11,14-15H2. The highest BCUT2D eigenvalue weighted by Gasteiger charge is 2.28. The molecule has 4 rings (SSSR count). The molecule has 1 saturated carbocycles. The fourth-order valence-electron chi connectivity index (χ4n) is 4.18. The van der Waals surface area contributed by atoms with Crippen molar-refractivity contribution in [3.8, 4) is 0 Å². The summed E-state index contributed by atoms with van der Waals surface area (Å²) in [6.45, 7) is 1.95. The van der Waals surface area contributed by atoms with Gasteiger partial charge in [0.1, 0.15) is 5.76 Å². The van der Waals surface area contributed by atoms with Crippen molar-refractivity contribution in [1.82, 2.24) is 9.80 Å². The lowest BCUT2D eigenvalue weighted by atomic mass is 10.1. The molecule has 27 heavy (non-hydrogen) atoms. The van der Waals surface area contributed by atoms with Gasteiger partial charge in [-0.15, -0.1) is 11.3 Å². The molecule has 5 nitrogen and oxygen atoms in total. The molecule has 0 saturated heterocycles. The zero-order chi connectivity index (χ0) is 18.6. The van der Waals surface area contributed by atoms with Gasteiger partial charge >= 0.3 is 0 Å². The van der Waals surface area contributed by atoms with Crippen molar-refractivity contribution in [3.05, 3.63) is 46.0 Å². The molecule has 0 bridgehead atoms. The van der Waals surface area contributed by atoms with Crippen molar-refractivity contribution in [1.29, 1.82) is 0 Å². The van der Waals surface area contributed by atoms with Gasteiger partial charge in [0, 0.05) is 36.9 Å². The zero-order valence-corrected chi connectivity index (χ0v) is 16.4. The lowest BCUT2D eigenvalue weighted by Gasteiger charge is -2.30. The number of thiophene rings is 1. The molecule has 1 fully saturated rings. The first-order valence-electron chi connectivity index (χ1n) is 9.85. The Morgan fingerprint density at radius 1 is 1.22 bits per heavy atom. The van der Waals surface area contributed by atoms with Gasteiger partial charge in [0.05, 0.1) is 12.8 Å². The first kappa shape index (κ1) is 18.3. The van der Waals surface area contributed by atoms with Crippen LogP contribution in [0.2, 0.25) is 0 Å². The number of carbonyl (C=O) groups is 2. The second-order valence-corrected chi connectivity index (χ2v) is 8.47. The van der Waals surface area contributed by atoms with Crippen LogP contribution in [0.4, 0.5) is 0 Å². The van der Waals surface area contributed by atoms with Crippen LogP contribution in [0.25, 0.3) is 0 Å². The summed E-state index contributed by atoms with van der Waals surface area (Å²) in [5.41, 5.74) is 1.26. The second kappa shape index (κ2) is 8.30. The molecule has 1 aliphatic heterocycles. The van der Waals surface area contributed by atoms with Crippen LogP contribution in [0.1, 0.15) is 54.7 Å². The summed E-state index contributed by atoms with van der Waals surface area (Å²) in [7, 11) is 0. The quantitative estimate of drug-likeness (QED) is 0.755. The Hall–Kier alpha value is -2.08. The van der Waals surface area contributed by atoms with Gasteiger partial charge in [-0.2, -0.15) is 0 Å². The van der Waals surface area contributed by atoms with Crippen LogP contribution in [-0.2, 0) is 29.1 Å². The van der Waals surface area contributed by atoms with E-state index in [1.807, 2.05) is 21.9 Å². The highest BCUT2D eigenvalue weighted by molar-refractivity contribution is 7.10. The number of hydrogen-bond donors (Lipinski definition) is 0. The minimum Gasteiger partial charge on any atom is -0.467 e. The average molecular weight is 387 g/mol. The van der Waals surface area contributed by atoms with E-state index in [0.29, 0.717) is 19.5 Å². The fourth-order valence-corrected chi connectivity index (χ4v) is 5.07. The topological polar surface area (TPSA) is 53.8 Å². The van der Waals surface area contributed by atoms with Crippen LogP contribution in [0.5, 0.6) is 0 Å². The SMILES string of the molecule is O=C(CCC(=O)N(Cc1ccco1)C1CCCC1)N1CCc2sccc2C1. The molecule has 0 radical (unpaired) electrons. The van der Waals surface area contributed by atoms with E-state index in [0.717, 1.165) is 31.6 Å². The van der Waals surface area contributed by atoms with Crippen LogP contribution in [-0.4, -0.2) is 34.2 Å². The van der Waals surface area contributed by atoms with Gasteiger partial charge in [0.15, 0.2) is 0 Å². The molecular weight excluding hydrogens is 360 g/mol. The lowest BCUT2D eigenvalue weighted by molar-refractivity contribution is -0.139. The Labute approximate surface area is 163 Å². The number of fused-ring (bicyclic) bond motifs is 1. The number of carbonyl (C=O) groups excluding carboxylic acids is 2. The summed E-state index contributed by atoms with van der Waals surface area (Å²) in [5, 5.41) is 2.09. The Bertz CT molecular complexity index is 777. The minimum absolute atomic E-state index is 0.0693. The molecule has 2 aliphatic rings. The van der Waals surface area contributed by atoms with Gasteiger partial charge in [0.25, 0.3) is 0 Å². The summed E-state index contributed by atoms with van der Waals surface area (Å²) in [6, 6.07) is 6.15. The predicted molar refractivity (Wildman–Crippen MR) is 104 cm³/mol. The predicted octanol–water partition coefficient (Wildman–Crippen LogP) is 3.98. The average Bonchev–Trinajstić information content (AvgIpc) is 3.45. The van der Waals surface area contributed by atoms with E-state index < -0.39 is 0 Å². The summed E-state index contributed by atoms with van der Waals surface area (Å²) in [4.78, 5) is 30.8. The van der Waals surface area contributed by atoms with Crippen LogP contribution in [0.3, 0.4) is 0 Å². The number of rotatable bonds is 6. The van der Waals surface area contributed by atoms with Gasteiger partial charge < -0.3 is 14.2 Å². The normalized spacial score (nSPS) is 17.1. The summed E-state index contributed by atoms with van der Waals surface area (Å²) < 4.78 is 5.45. The van der Waals surface area contributed by atoms with Crippen molar-refractivity contribution in [2.75, 3.05) is 6.54 Å². The first-order valence-corrected chi connectivity index (χ1v) is 10.7. The molecule has 0 atom stereocenters. The summed E-state index contributed by atoms with van der Waals surface area (Å²) in [5.74, 6) is 0.965. The van der Waals surface area contributed by atoms with E-state index in [1.165, 1.54) is 23.3 Å². The smallest absolute Gasteiger partial charge is 0.223 e. The van der Waals surface area contributed by atoms with E-state index in [-0.39, 0.29) is 24.3 Å². The van der Waals surface area contributed by atoms with Gasteiger partial charge in [-0.25, -0.2) is 0 Å². The van der Waals surface area contributed by atoms with Crippen molar-refractivity contribution in [2.45, 2.75) is 64.1 Å². The van der Waals surface area contributed by atoms with Crippen molar-refractivity contribution >= 4 is 23.2 Å². The minimum atomic E-state index is 0.0693. The Kier molecular flexibility index (Phi) is 5.62. The van der Waals surface area contributed by atoms with E-state index in [4.69, 9.17) is 4.42 Å². The molecule has 6 heteroatoms. The van der Waals surface area contributed by atoms with Crippen LogP contribution in [0, 0.1) is 0 Å². The molecule has 0 spiro atoms. The largest absolute Gasteiger partial charge is 0.467 e. The van der Waals surface area contributed by atoms with E-state index in [1.54, 1.807) is 17.6 Å². The third kappa shape index (κ3) is 4.26.